The predicted octanol–water partition coefficient (Wildman–Crippen LogP) is 4.33. The molecule has 2 heterocycles. The minimum atomic E-state index is -0.131. The maximum Gasteiger partial charge on any atom is 0.235 e. The predicted molar refractivity (Wildman–Crippen MR) is 105 cm³/mol. The van der Waals surface area contributed by atoms with Gasteiger partial charge < -0.3 is 10.2 Å². The van der Waals surface area contributed by atoms with Crippen LogP contribution in [0.1, 0.15) is 32.3 Å². The van der Waals surface area contributed by atoms with E-state index < -0.39 is 0 Å². The molecule has 1 saturated heterocycles. The lowest BCUT2D eigenvalue weighted by Gasteiger charge is -2.31. The molecule has 0 radical (unpaired) electrons. The lowest BCUT2D eigenvalue weighted by molar-refractivity contribution is -0.131. The van der Waals surface area contributed by atoms with E-state index in [1.165, 1.54) is 28.7 Å². The molecule has 1 N–H and O–H groups in total. The molecular weight excluding hydrogens is 352 g/mol. The van der Waals surface area contributed by atoms with Crippen LogP contribution in [0.3, 0.4) is 0 Å². The number of carbonyl (C=O) groups excluding carboxylic acids is 1. The molecule has 0 unspecified atom stereocenters. The zero-order chi connectivity index (χ0) is 17.8. The summed E-state index contributed by atoms with van der Waals surface area (Å²) in [6, 6.07) is 8.14. The van der Waals surface area contributed by atoms with Gasteiger partial charge in [-0.05, 0) is 50.3 Å². The fourth-order valence-electron chi connectivity index (χ4n) is 2.84. The topological polar surface area (TPSA) is 58.1 Å². The Bertz CT molecular complexity index is 725. The number of carbonyl (C=O) groups is 1. The van der Waals surface area contributed by atoms with Gasteiger partial charge in [-0.2, -0.15) is 0 Å². The first kappa shape index (κ1) is 18.2. The fraction of sp³-hybridized carbons (Fsp3) is 0.500. The number of likely N-dealkylation sites (tertiary alicyclic amines) is 1. The number of thioether (sulfide) groups is 1. The lowest BCUT2D eigenvalue weighted by Crippen LogP contribution is -2.41. The van der Waals surface area contributed by atoms with Crippen molar-refractivity contribution in [1.29, 1.82) is 0 Å². The Balaban J connectivity index is 1.56. The molecule has 0 aliphatic carbocycles. The van der Waals surface area contributed by atoms with Gasteiger partial charge in [-0.15, -0.1) is 10.2 Å². The summed E-state index contributed by atoms with van der Waals surface area (Å²) in [4.78, 5) is 14.6. The normalized spacial score (nSPS) is 16.7. The molecule has 1 aliphatic heterocycles. The molecule has 0 saturated carbocycles. The Kier molecular flexibility index (Phi) is 5.96. The van der Waals surface area contributed by atoms with Crippen molar-refractivity contribution in [2.75, 3.05) is 18.4 Å². The van der Waals surface area contributed by atoms with Crippen LogP contribution in [0, 0.1) is 12.8 Å². The molecule has 1 atom stereocenters. The van der Waals surface area contributed by atoms with Crippen LogP contribution in [0.15, 0.2) is 28.6 Å². The van der Waals surface area contributed by atoms with Gasteiger partial charge in [-0.1, -0.05) is 42.2 Å². The molecule has 2 aromatic rings. The van der Waals surface area contributed by atoms with Crippen molar-refractivity contribution in [2.24, 2.45) is 5.92 Å². The van der Waals surface area contributed by atoms with Gasteiger partial charge in [0.1, 0.15) is 0 Å². The number of piperidine rings is 1. The molecule has 25 heavy (non-hydrogen) atoms. The largest absolute Gasteiger partial charge is 0.342 e. The third-order valence-electron chi connectivity index (χ3n) is 4.40. The van der Waals surface area contributed by atoms with Crippen LogP contribution < -0.4 is 5.32 Å². The molecule has 134 valence electrons. The van der Waals surface area contributed by atoms with E-state index in [4.69, 9.17) is 0 Å². The number of nitrogens with zero attached hydrogens (tertiary/aromatic N) is 3. The van der Waals surface area contributed by atoms with E-state index in [0.29, 0.717) is 0 Å². The maximum atomic E-state index is 12.6. The summed E-state index contributed by atoms with van der Waals surface area (Å²) in [5, 5.41) is 12.3. The summed E-state index contributed by atoms with van der Waals surface area (Å²) in [7, 11) is 0. The van der Waals surface area contributed by atoms with Crippen molar-refractivity contribution in [3.8, 4) is 0 Å². The first-order valence-electron chi connectivity index (χ1n) is 8.64. The number of nitrogens with one attached hydrogen (secondary N) is 1. The third kappa shape index (κ3) is 4.95. The Morgan fingerprint density at radius 2 is 2.12 bits per heavy atom. The molecule has 1 aromatic heterocycles. The van der Waals surface area contributed by atoms with Crippen molar-refractivity contribution in [1.82, 2.24) is 15.1 Å². The Morgan fingerprint density at radius 1 is 1.36 bits per heavy atom. The van der Waals surface area contributed by atoms with Crippen LogP contribution >= 0.6 is 23.1 Å². The zero-order valence-electron chi connectivity index (χ0n) is 14.9. The van der Waals surface area contributed by atoms with Crippen molar-refractivity contribution >= 4 is 39.8 Å². The molecule has 1 amide bonds. The van der Waals surface area contributed by atoms with E-state index in [0.717, 1.165) is 47.0 Å². The summed E-state index contributed by atoms with van der Waals surface area (Å²) in [5.41, 5.74) is 2.19. The van der Waals surface area contributed by atoms with E-state index in [2.05, 4.69) is 41.5 Å². The average molecular weight is 377 g/mol. The lowest BCUT2D eigenvalue weighted by atomic mass is 9.99. The first-order chi connectivity index (χ1) is 12.0. The van der Waals surface area contributed by atoms with Crippen molar-refractivity contribution in [3.05, 3.63) is 29.8 Å². The minimum Gasteiger partial charge on any atom is -0.342 e. The maximum absolute atomic E-state index is 12.6. The second-order valence-electron chi connectivity index (χ2n) is 6.64. The van der Waals surface area contributed by atoms with Crippen LogP contribution in [0.4, 0.5) is 10.8 Å². The van der Waals surface area contributed by atoms with E-state index >= 15 is 0 Å². The molecule has 1 aromatic carbocycles. The number of rotatable bonds is 5. The monoisotopic (exact) mass is 376 g/mol. The highest BCUT2D eigenvalue weighted by atomic mass is 32.2. The Morgan fingerprint density at radius 3 is 2.84 bits per heavy atom. The molecule has 7 heteroatoms. The fourth-order valence-corrected chi connectivity index (χ4v) is 4.84. The molecular formula is C18H24N4OS2. The van der Waals surface area contributed by atoms with Crippen LogP contribution in [0.25, 0.3) is 0 Å². The SMILES string of the molecule is Cc1cccc(Nc2nnc(S[C@@H](C)C(=O)N3CCC(C)CC3)s2)c1. The summed E-state index contributed by atoms with van der Waals surface area (Å²) in [6.07, 6.45) is 2.21. The number of anilines is 2. The number of benzene rings is 1. The van der Waals surface area contributed by atoms with Crippen LogP contribution in [-0.2, 0) is 4.79 Å². The van der Waals surface area contributed by atoms with Gasteiger partial charge in [0.2, 0.25) is 11.0 Å². The van der Waals surface area contributed by atoms with E-state index in [1.54, 1.807) is 0 Å². The first-order valence-corrected chi connectivity index (χ1v) is 10.3. The van der Waals surface area contributed by atoms with Gasteiger partial charge >= 0.3 is 0 Å². The number of aromatic nitrogens is 2. The average Bonchev–Trinajstić information content (AvgIpc) is 3.01. The van der Waals surface area contributed by atoms with Gasteiger partial charge in [0.05, 0.1) is 5.25 Å². The van der Waals surface area contributed by atoms with Gasteiger partial charge in [0.15, 0.2) is 4.34 Å². The summed E-state index contributed by atoms with van der Waals surface area (Å²) >= 11 is 2.98. The van der Waals surface area contributed by atoms with Gasteiger partial charge in [0, 0.05) is 18.8 Å². The van der Waals surface area contributed by atoms with Crippen LogP contribution in [0.2, 0.25) is 0 Å². The van der Waals surface area contributed by atoms with E-state index in [1.807, 2.05) is 24.0 Å². The molecule has 5 nitrogen and oxygen atoms in total. The second kappa shape index (κ2) is 8.19. The van der Waals surface area contributed by atoms with Gasteiger partial charge in [-0.25, -0.2) is 0 Å². The molecule has 0 spiro atoms. The highest BCUT2D eigenvalue weighted by Crippen LogP contribution is 2.31. The van der Waals surface area contributed by atoms with Crippen molar-refractivity contribution in [2.45, 2.75) is 43.2 Å². The highest BCUT2D eigenvalue weighted by molar-refractivity contribution is 8.02. The number of hydrogen-bond donors (Lipinski definition) is 1. The zero-order valence-corrected chi connectivity index (χ0v) is 16.5. The summed E-state index contributed by atoms with van der Waals surface area (Å²) < 4.78 is 0.821. The molecule has 1 fully saturated rings. The number of aryl methyl sites for hydroxylation is 1. The van der Waals surface area contributed by atoms with Crippen molar-refractivity contribution < 1.29 is 4.79 Å². The Hall–Kier alpha value is -1.60. The third-order valence-corrected chi connectivity index (χ3v) is 6.41. The number of hydrogen-bond acceptors (Lipinski definition) is 6. The summed E-state index contributed by atoms with van der Waals surface area (Å²) in [6.45, 7) is 8.02. The second-order valence-corrected chi connectivity index (χ2v) is 9.20. The molecule has 1 aliphatic rings. The number of amides is 1. The van der Waals surface area contributed by atoms with Crippen LogP contribution in [0.5, 0.6) is 0 Å². The molecule has 0 bridgehead atoms. The van der Waals surface area contributed by atoms with Gasteiger partial charge in [0.25, 0.3) is 0 Å². The minimum absolute atomic E-state index is 0.131. The molecule has 3 rings (SSSR count). The standard InChI is InChI=1S/C18H24N4OS2/c1-12-7-9-22(10-8-12)16(23)14(3)24-18-21-20-17(25-18)19-15-6-4-5-13(2)11-15/h4-6,11-12,14H,7-10H2,1-3H3,(H,19,20)/t14-/m0/s1. The smallest absolute Gasteiger partial charge is 0.235 e. The summed E-state index contributed by atoms with van der Waals surface area (Å²) in [5.74, 6) is 0.936. The highest BCUT2D eigenvalue weighted by Gasteiger charge is 2.25. The van der Waals surface area contributed by atoms with Crippen molar-refractivity contribution in [3.63, 3.8) is 0 Å². The van der Waals surface area contributed by atoms with E-state index in [-0.39, 0.29) is 11.2 Å². The quantitative estimate of drug-likeness (QED) is 0.787. The van der Waals surface area contributed by atoms with E-state index in [9.17, 15) is 4.79 Å². The van der Waals surface area contributed by atoms with Crippen LogP contribution in [-0.4, -0.2) is 39.3 Å². The van der Waals surface area contributed by atoms with Gasteiger partial charge in [-0.3, -0.25) is 4.79 Å². The Labute approximate surface area is 157 Å².